The molecule has 0 bridgehead atoms. The first-order valence-corrected chi connectivity index (χ1v) is 15.7. The van der Waals surface area contributed by atoms with Crippen molar-refractivity contribution < 1.29 is 14.5 Å². The molecule has 0 saturated carbocycles. The molecule has 2 heterocycles. The maximum atomic E-state index is 11.0. The quantitative estimate of drug-likeness (QED) is 0.236. The molecular weight excluding hydrogens is 540 g/mol. The van der Waals surface area contributed by atoms with Crippen LogP contribution in [0.15, 0.2) is 94.7 Å². The van der Waals surface area contributed by atoms with E-state index in [1.165, 1.54) is 45.1 Å². The van der Waals surface area contributed by atoms with Crippen LogP contribution in [0, 0.1) is 0 Å². The third-order valence-electron chi connectivity index (χ3n) is 9.35. The fraction of sp³-hybridized carbons (Fsp3) is 0.405. The number of rotatable bonds is 9. The molecule has 0 saturated heterocycles. The number of aliphatic carboxylic acids is 1. The molecule has 220 valence electrons. The average molecular weight is 584 g/mol. The number of hydrogen-bond donors (Lipinski definition) is 1. The summed E-state index contributed by atoms with van der Waals surface area (Å²) >= 11 is 7.10. The Hall–Kier alpha value is -3.37. The number of nitrogens with zero attached hydrogens (tertiary/aromatic N) is 2. The second kappa shape index (κ2) is 12.1. The van der Waals surface area contributed by atoms with Crippen LogP contribution < -0.4 is 4.90 Å². The second-order valence-electron chi connectivity index (χ2n) is 12.9. The molecule has 5 rings (SSSR count). The molecule has 0 unspecified atom stereocenters. The van der Waals surface area contributed by atoms with Gasteiger partial charge in [-0.2, -0.15) is 4.58 Å². The van der Waals surface area contributed by atoms with Gasteiger partial charge in [0.25, 0.3) is 0 Å². The van der Waals surface area contributed by atoms with E-state index in [4.69, 9.17) is 16.7 Å². The lowest BCUT2D eigenvalue weighted by Crippen LogP contribution is -2.27. The summed E-state index contributed by atoms with van der Waals surface area (Å²) < 4.78 is 2.31. The largest absolute Gasteiger partial charge is 0.481 e. The number of carboxylic acids is 1. The molecular formula is C37H44ClN2O2+. The van der Waals surface area contributed by atoms with Crippen LogP contribution in [0.25, 0.3) is 0 Å². The number of fused-ring (bicyclic) bond motifs is 2. The molecule has 0 aromatic heterocycles. The number of carbonyl (C=O) groups is 1. The van der Waals surface area contributed by atoms with Crippen LogP contribution in [0.4, 0.5) is 11.4 Å². The molecule has 0 amide bonds. The van der Waals surface area contributed by atoms with E-state index in [-0.39, 0.29) is 17.3 Å². The third-order valence-corrected chi connectivity index (χ3v) is 9.84. The Labute approximate surface area is 256 Å². The van der Waals surface area contributed by atoms with E-state index >= 15 is 0 Å². The van der Waals surface area contributed by atoms with Crippen molar-refractivity contribution in [2.75, 3.05) is 18.5 Å². The summed E-state index contributed by atoms with van der Waals surface area (Å²) in [6.45, 7) is 10.0. The van der Waals surface area contributed by atoms with E-state index in [0.717, 1.165) is 43.7 Å². The molecule has 2 aromatic carbocycles. The van der Waals surface area contributed by atoms with Gasteiger partial charge in [0.1, 0.15) is 7.05 Å². The third kappa shape index (κ3) is 5.66. The summed E-state index contributed by atoms with van der Waals surface area (Å²) in [5, 5.41) is 9.89. The number of benzene rings is 2. The van der Waals surface area contributed by atoms with Crippen LogP contribution in [-0.4, -0.2) is 35.0 Å². The first-order valence-electron chi connectivity index (χ1n) is 15.3. The number of hydrogen-bond acceptors (Lipinski definition) is 2. The molecule has 42 heavy (non-hydrogen) atoms. The van der Waals surface area contributed by atoms with Crippen LogP contribution >= 0.6 is 11.6 Å². The number of carboxylic acid groups (broad SMARTS) is 1. The fourth-order valence-electron chi connectivity index (χ4n) is 6.97. The maximum Gasteiger partial charge on any atom is 0.303 e. The number of anilines is 1. The summed E-state index contributed by atoms with van der Waals surface area (Å²) in [7, 11) is 2.15. The van der Waals surface area contributed by atoms with Crippen molar-refractivity contribution in [3.8, 4) is 0 Å². The molecule has 0 spiro atoms. The number of unbranched alkanes of at least 4 members (excludes halogenated alkanes) is 2. The second-order valence-corrected chi connectivity index (χ2v) is 13.2. The minimum absolute atomic E-state index is 0.0627. The maximum absolute atomic E-state index is 11.0. The summed E-state index contributed by atoms with van der Waals surface area (Å²) in [6.07, 6.45) is 14.9. The summed E-state index contributed by atoms with van der Waals surface area (Å²) in [4.78, 5) is 13.4. The van der Waals surface area contributed by atoms with Crippen LogP contribution in [-0.2, 0) is 15.6 Å². The van der Waals surface area contributed by atoms with Gasteiger partial charge in [0.2, 0.25) is 5.69 Å². The van der Waals surface area contributed by atoms with Gasteiger partial charge in [-0.3, -0.25) is 4.79 Å². The Kier molecular flexibility index (Phi) is 8.66. The van der Waals surface area contributed by atoms with E-state index < -0.39 is 5.97 Å². The van der Waals surface area contributed by atoms with Crippen molar-refractivity contribution >= 4 is 34.7 Å². The van der Waals surface area contributed by atoms with Crippen LogP contribution in [0.3, 0.4) is 0 Å². The summed E-state index contributed by atoms with van der Waals surface area (Å²) in [5.74, 6) is -0.718. The zero-order chi connectivity index (χ0) is 30.1. The van der Waals surface area contributed by atoms with Gasteiger partial charge in [0.05, 0.1) is 5.41 Å². The molecule has 0 atom stereocenters. The monoisotopic (exact) mass is 583 g/mol. The molecule has 0 fully saturated rings. The van der Waals surface area contributed by atoms with Crippen molar-refractivity contribution in [2.24, 2.45) is 0 Å². The highest BCUT2D eigenvalue weighted by molar-refractivity contribution is 6.32. The van der Waals surface area contributed by atoms with Gasteiger partial charge in [-0.1, -0.05) is 80.4 Å². The fourth-order valence-corrected chi connectivity index (χ4v) is 7.29. The molecule has 1 aliphatic carbocycles. The van der Waals surface area contributed by atoms with Crippen molar-refractivity contribution in [1.82, 2.24) is 0 Å². The lowest BCUT2D eigenvalue weighted by Gasteiger charge is -2.27. The van der Waals surface area contributed by atoms with E-state index in [9.17, 15) is 4.79 Å². The molecule has 2 aromatic rings. The molecule has 3 aliphatic rings. The van der Waals surface area contributed by atoms with Gasteiger partial charge in [0, 0.05) is 52.5 Å². The molecule has 1 N–H and O–H groups in total. The Morgan fingerprint density at radius 1 is 0.929 bits per heavy atom. The smallest absolute Gasteiger partial charge is 0.303 e. The van der Waals surface area contributed by atoms with Crippen LogP contribution in [0.5, 0.6) is 0 Å². The Bertz CT molecular complexity index is 1540. The molecule has 0 radical (unpaired) electrons. The highest BCUT2D eigenvalue weighted by atomic mass is 35.5. The predicted octanol–water partition coefficient (Wildman–Crippen LogP) is 9.18. The van der Waals surface area contributed by atoms with Gasteiger partial charge in [0.15, 0.2) is 5.71 Å². The Balaban J connectivity index is 1.41. The first-order chi connectivity index (χ1) is 20.0. The van der Waals surface area contributed by atoms with Gasteiger partial charge in [-0.25, -0.2) is 0 Å². The topological polar surface area (TPSA) is 43.5 Å². The van der Waals surface area contributed by atoms with Crippen molar-refractivity contribution in [3.63, 3.8) is 0 Å². The van der Waals surface area contributed by atoms with E-state index in [2.05, 4.69) is 117 Å². The lowest BCUT2D eigenvalue weighted by atomic mass is 9.81. The number of allylic oxidation sites excluding steroid dienone is 8. The molecule has 2 aliphatic heterocycles. The normalized spacial score (nSPS) is 21.1. The van der Waals surface area contributed by atoms with E-state index in [1.54, 1.807) is 0 Å². The molecule has 5 heteroatoms. The summed E-state index contributed by atoms with van der Waals surface area (Å²) in [6, 6.07) is 17.3. The van der Waals surface area contributed by atoms with Gasteiger partial charge in [-0.15, -0.1) is 0 Å². The average Bonchev–Trinajstić information content (AvgIpc) is 3.29. The number of para-hydroxylation sites is 2. The van der Waals surface area contributed by atoms with Crippen molar-refractivity contribution in [1.29, 1.82) is 0 Å². The standard InChI is InChI=1S/C37H43ClN2O2/c1-36(2)28-16-8-10-18-30(28)39(5)32(36)23-21-26-14-13-15-27(35(26)38)22-24-33-37(3,4)29-17-9-11-19-31(29)40(33)25-12-6-7-20-34(41)42/h8-11,16-19,21-24H,6-7,12-15,20,25H2,1-5H3/p+1. The van der Waals surface area contributed by atoms with Gasteiger partial charge in [-0.05, 0) is 74.8 Å². The highest BCUT2D eigenvalue weighted by Crippen LogP contribution is 2.48. The van der Waals surface area contributed by atoms with Gasteiger partial charge >= 0.3 is 5.97 Å². The van der Waals surface area contributed by atoms with Crippen LogP contribution in [0.1, 0.15) is 83.8 Å². The zero-order valence-electron chi connectivity index (χ0n) is 25.7. The predicted molar refractivity (Wildman–Crippen MR) is 175 cm³/mol. The highest BCUT2D eigenvalue weighted by Gasteiger charge is 2.42. The zero-order valence-corrected chi connectivity index (χ0v) is 26.5. The molecule has 4 nitrogen and oxygen atoms in total. The summed E-state index contributed by atoms with van der Waals surface area (Å²) in [5.41, 5.74) is 9.95. The Morgan fingerprint density at radius 2 is 1.64 bits per heavy atom. The SMILES string of the molecule is C[N+]1=C(C=CC2=C(Cl)C(=CC=C3N(CCCCCC(=O)O)c4ccccc4C3(C)C)CCC2)C(C)(C)c2ccccc21. The first kappa shape index (κ1) is 30.1. The van der Waals surface area contributed by atoms with Crippen LogP contribution in [0.2, 0.25) is 0 Å². The van der Waals surface area contributed by atoms with Gasteiger partial charge < -0.3 is 10.0 Å². The number of halogens is 1. The Morgan fingerprint density at radius 3 is 2.38 bits per heavy atom. The minimum Gasteiger partial charge on any atom is -0.481 e. The van der Waals surface area contributed by atoms with E-state index in [0.29, 0.717) is 6.42 Å². The van der Waals surface area contributed by atoms with Crippen molar-refractivity contribution in [2.45, 2.75) is 83.5 Å². The lowest BCUT2D eigenvalue weighted by molar-refractivity contribution is -0.401. The van der Waals surface area contributed by atoms with E-state index in [1.807, 2.05) is 0 Å². The van der Waals surface area contributed by atoms with Crippen molar-refractivity contribution in [3.05, 3.63) is 106 Å². The minimum atomic E-state index is -0.718.